The summed E-state index contributed by atoms with van der Waals surface area (Å²) in [5, 5.41) is 8.26. The second kappa shape index (κ2) is 7.74. The Kier molecular flexibility index (Phi) is 5.02. The highest BCUT2D eigenvalue weighted by Gasteiger charge is 2.26. The van der Waals surface area contributed by atoms with E-state index in [0.29, 0.717) is 23.3 Å². The second-order valence-electron chi connectivity index (χ2n) is 6.34. The van der Waals surface area contributed by atoms with Gasteiger partial charge in [0, 0.05) is 43.5 Å². The fourth-order valence-electron chi connectivity index (χ4n) is 3.21. The Morgan fingerprint density at radius 1 is 1.27 bits per heavy atom. The Morgan fingerprint density at radius 2 is 2.19 bits per heavy atom. The van der Waals surface area contributed by atoms with Crippen molar-refractivity contribution in [3.63, 3.8) is 0 Å². The molecule has 4 rings (SSSR count). The van der Waals surface area contributed by atoms with E-state index in [9.17, 15) is 0 Å². The van der Waals surface area contributed by atoms with Crippen molar-refractivity contribution >= 4 is 17.4 Å². The number of ether oxygens (including phenoxy) is 1. The molecule has 1 saturated heterocycles. The van der Waals surface area contributed by atoms with E-state index in [4.69, 9.17) is 16.3 Å². The lowest BCUT2D eigenvalue weighted by Gasteiger charge is -2.15. The van der Waals surface area contributed by atoms with E-state index in [-0.39, 0.29) is 0 Å². The van der Waals surface area contributed by atoms with E-state index < -0.39 is 0 Å². The van der Waals surface area contributed by atoms with Crippen LogP contribution in [-0.4, -0.2) is 39.9 Å². The summed E-state index contributed by atoms with van der Waals surface area (Å²) in [5.74, 6) is 2.05. The van der Waals surface area contributed by atoms with E-state index in [1.807, 2.05) is 30.5 Å². The highest BCUT2D eigenvalue weighted by molar-refractivity contribution is 6.32. The minimum absolute atomic E-state index is 0.409. The molecule has 1 aromatic carbocycles. The second-order valence-corrected chi connectivity index (χ2v) is 6.75. The van der Waals surface area contributed by atoms with E-state index in [0.717, 1.165) is 43.1 Å². The van der Waals surface area contributed by atoms with Crippen LogP contribution in [0.15, 0.2) is 48.9 Å². The first kappa shape index (κ1) is 16.8. The van der Waals surface area contributed by atoms with Gasteiger partial charge in [-0.15, -0.1) is 0 Å². The van der Waals surface area contributed by atoms with Gasteiger partial charge in [-0.05, 0) is 24.6 Å². The number of anilines is 1. The van der Waals surface area contributed by atoms with Crippen molar-refractivity contribution in [1.82, 2.24) is 20.2 Å². The van der Waals surface area contributed by atoms with Crippen LogP contribution in [0.5, 0.6) is 5.75 Å². The number of nitrogens with one attached hydrogen (secondary N) is 1. The number of rotatable bonds is 6. The Morgan fingerprint density at radius 3 is 3.04 bits per heavy atom. The zero-order valence-electron chi connectivity index (χ0n) is 14.3. The number of aromatic nitrogens is 4. The average molecular weight is 370 g/mol. The first-order valence-electron chi connectivity index (χ1n) is 8.72. The van der Waals surface area contributed by atoms with Gasteiger partial charge in [0.25, 0.3) is 0 Å². The van der Waals surface area contributed by atoms with Crippen molar-refractivity contribution in [3.8, 4) is 5.75 Å². The van der Waals surface area contributed by atoms with Crippen LogP contribution in [0.4, 0.5) is 5.82 Å². The van der Waals surface area contributed by atoms with Crippen LogP contribution in [0.1, 0.15) is 23.7 Å². The molecule has 3 aromatic rings. The molecule has 6 nitrogen and oxygen atoms in total. The molecule has 0 saturated carbocycles. The van der Waals surface area contributed by atoms with E-state index >= 15 is 0 Å². The van der Waals surface area contributed by atoms with Crippen LogP contribution in [0, 0.1) is 0 Å². The first-order valence-corrected chi connectivity index (χ1v) is 9.10. The zero-order chi connectivity index (χ0) is 17.8. The maximum absolute atomic E-state index is 6.10. The minimum Gasteiger partial charge on any atom is -0.492 e. The van der Waals surface area contributed by atoms with Gasteiger partial charge >= 0.3 is 0 Å². The molecule has 1 aliphatic rings. The number of halogens is 1. The number of H-pyrrole nitrogens is 1. The van der Waals surface area contributed by atoms with Crippen LogP contribution in [0.25, 0.3) is 0 Å². The number of hydrogen-bond acceptors (Lipinski definition) is 5. The van der Waals surface area contributed by atoms with Gasteiger partial charge in [0.1, 0.15) is 11.6 Å². The normalized spacial score (nSPS) is 16.8. The molecule has 26 heavy (non-hydrogen) atoms. The van der Waals surface area contributed by atoms with Crippen molar-refractivity contribution in [2.45, 2.75) is 18.8 Å². The average Bonchev–Trinajstić information content (AvgIpc) is 3.33. The standard InChI is InChI=1S/C19H20ClN5O/c20-16-3-1-2-4-18(16)26-10-6-15-11-17(24-23-15)14-5-9-25(13-14)19-12-21-7-8-22-19/h1-4,7-8,11-12,14H,5-6,9-10,13H2,(H,23,24). The van der Waals surface area contributed by atoms with E-state index in [1.165, 1.54) is 0 Å². The lowest BCUT2D eigenvalue weighted by atomic mass is 10.0. The highest BCUT2D eigenvalue weighted by atomic mass is 35.5. The maximum atomic E-state index is 6.10. The largest absolute Gasteiger partial charge is 0.492 e. The molecule has 7 heteroatoms. The van der Waals surface area contributed by atoms with Crippen LogP contribution in [0.3, 0.4) is 0 Å². The summed E-state index contributed by atoms with van der Waals surface area (Å²) in [6.45, 7) is 2.45. The quantitative estimate of drug-likeness (QED) is 0.720. The fraction of sp³-hybridized carbons (Fsp3) is 0.316. The third-order valence-corrected chi connectivity index (χ3v) is 4.91. The number of para-hydroxylation sites is 1. The first-order chi connectivity index (χ1) is 12.8. The molecule has 0 spiro atoms. The topological polar surface area (TPSA) is 66.9 Å². The number of hydrogen-bond donors (Lipinski definition) is 1. The molecular formula is C19H20ClN5O. The predicted molar refractivity (Wildman–Crippen MR) is 101 cm³/mol. The summed E-state index contributed by atoms with van der Waals surface area (Å²) in [6.07, 6.45) is 7.07. The summed E-state index contributed by atoms with van der Waals surface area (Å²) in [5.41, 5.74) is 2.18. The number of benzene rings is 1. The minimum atomic E-state index is 0.409. The molecular weight excluding hydrogens is 350 g/mol. The summed E-state index contributed by atoms with van der Waals surface area (Å²) < 4.78 is 5.75. The Balaban J connectivity index is 1.31. The lowest BCUT2D eigenvalue weighted by molar-refractivity contribution is 0.320. The van der Waals surface area contributed by atoms with Crippen molar-refractivity contribution in [3.05, 3.63) is 65.3 Å². The summed E-state index contributed by atoms with van der Waals surface area (Å²) in [4.78, 5) is 10.8. The summed E-state index contributed by atoms with van der Waals surface area (Å²) in [6, 6.07) is 9.65. The molecule has 1 aliphatic heterocycles. The van der Waals surface area contributed by atoms with Gasteiger partial charge in [-0.2, -0.15) is 5.10 Å². The summed E-state index contributed by atoms with van der Waals surface area (Å²) >= 11 is 6.10. The summed E-state index contributed by atoms with van der Waals surface area (Å²) in [7, 11) is 0. The van der Waals surface area contributed by atoms with Gasteiger partial charge in [0.05, 0.1) is 23.5 Å². The monoisotopic (exact) mass is 369 g/mol. The van der Waals surface area contributed by atoms with Gasteiger partial charge in [-0.1, -0.05) is 23.7 Å². The van der Waals surface area contributed by atoms with Crippen LogP contribution in [0.2, 0.25) is 5.02 Å². The maximum Gasteiger partial charge on any atom is 0.147 e. The van der Waals surface area contributed by atoms with Crippen molar-refractivity contribution in [2.75, 3.05) is 24.6 Å². The molecule has 1 atom stereocenters. The van der Waals surface area contributed by atoms with Crippen LogP contribution >= 0.6 is 11.6 Å². The molecule has 134 valence electrons. The number of aromatic amines is 1. The molecule has 0 radical (unpaired) electrons. The van der Waals surface area contributed by atoms with Gasteiger partial charge < -0.3 is 9.64 Å². The third kappa shape index (κ3) is 3.80. The highest BCUT2D eigenvalue weighted by Crippen LogP contribution is 2.29. The lowest BCUT2D eigenvalue weighted by Crippen LogP contribution is -2.20. The Hall–Kier alpha value is -2.60. The SMILES string of the molecule is Clc1ccccc1OCCc1cc(C2CCN(c3cnccn3)C2)n[nH]1. The molecule has 3 heterocycles. The van der Waals surface area contributed by atoms with Crippen LogP contribution < -0.4 is 9.64 Å². The Bertz CT molecular complexity index is 854. The van der Waals surface area contributed by atoms with Gasteiger partial charge in [-0.3, -0.25) is 10.1 Å². The molecule has 0 bridgehead atoms. The van der Waals surface area contributed by atoms with Gasteiger partial charge in [0.2, 0.25) is 0 Å². The molecule has 0 amide bonds. The van der Waals surface area contributed by atoms with Crippen molar-refractivity contribution in [2.24, 2.45) is 0 Å². The molecule has 1 fully saturated rings. The van der Waals surface area contributed by atoms with Gasteiger partial charge in [-0.25, -0.2) is 4.98 Å². The Labute approximate surface area is 157 Å². The number of nitrogens with zero attached hydrogens (tertiary/aromatic N) is 4. The van der Waals surface area contributed by atoms with Crippen molar-refractivity contribution in [1.29, 1.82) is 0 Å². The zero-order valence-corrected chi connectivity index (χ0v) is 15.1. The third-order valence-electron chi connectivity index (χ3n) is 4.60. The fourth-order valence-corrected chi connectivity index (χ4v) is 3.40. The molecule has 1 N–H and O–H groups in total. The molecule has 0 aliphatic carbocycles. The van der Waals surface area contributed by atoms with Crippen molar-refractivity contribution < 1.29 is 4.74 Å². The molecule has 2 aromatic heterocycles. The smallest absolute Gasteiger partial charge is 0.147 e. The van der Waals surface area contributed by atoms with E-state index in [1.54, 1.807) is 12.4 Å². The predicted octanol–water partition coefficient (Wildman–Crippen LogP) is 3.47. The molecule has 1 unspecified atom stereocenters. The van der Waals surface area contributed by atoms with Crippen LogP contribution in [-0.2, 0) is 6.42 Å². The van der Waals surface area contributed by atoms with E-state index in [2.05, 4.69) is 31.1 Å². The van der Waals surface area contributed by atoms with Gasteiger partial charge in [0.15, 0.2) is 0 Å².